The molecule has 0 aromatic carbocycles. The van der Waals surface area contributed by atoms with Crippen LogP contribution in [0.15, 0.2) is 0 Å². The van der Waals surface area contributed by atoms with E-state index >= 15 is 0 Å². The van der Waals surface area contributed by atoms with Crippen molar-refractivity contribution >= 4 is 54.9 Å². The van der Waals surface area contributed by atoms with Crippen LogP contribution in [0.1, 0.15) is 27.7 Å². The van der Waals surface area contributed by atoms with E-state index in [1.54, 1.807) is 66.2 Å². The third kappa shape index (κ3) is 39.7. The lowest BCUT2D eigenvalue weighted by atomic mass is 10.3. The highest BCUT2D eigenvalue weighted by Gasteiger charge is 2.15. The van der Waals surface area contributed by atoms with E-state index in [0.29, 0.717) is 38.5 Å². The molecular weight excluding hydrogens is 656 g/mol. The van der Waals surface area contributed by atoms with Gasteiger partial charge in [-0.3, -0.25) is 33.6 Å². The van der Waals surface area contributed by atoms with Gasteiger partial charge < -0.3 is 60.7 Å². The molecule has 7 amide bonds. The summed E-state index contributed by atoms with van der Waals surface area (Å²) in [5.41, 5.74) is 4.70. The predicted molar refractivity (Wildman–Crippen MR) is 192 cm³/mol. The van der Waals surface area contributed by atoms with E-state index in [-0.39, 0.29) is 81.4 Å². The Morgan fingerprint density at radius 3 is 1.12 bits per heavy atom. The first-order valence-corrected chi connectivity index (χ1v) is 15.7. The van der Waals surface area contributed by atoms with Crippen LogP contribution in [-0.4, -0.2) is 206 Å². The maximum absolute atomic E-state index is 11.6. The van der Waals surface area contributed by atoms with Crippen LogP contribution in [0, 0.1) is 0 Å². The Labute approximate surface area is 298 Å². The highest BCUT2D eigenvalue weighted by atomic mass is 16.2. The Balaban J connectivity index is -0.000000179. The smallest absolute Gasteiger partial charge is 0.241 e. The van der Waals surface area contributed by atoms with E-state index < -0.39 is 0 Å². The third-order valence-corrected chi connectivity index (χ3v) is 5.82. The van der Waals surface area contributed by atoms with E-state index in [4.69, 9.17) is 5.73 Å². The van der Waals surface area contributed by atoms with Crippen molar-refractivity contribution in [3.63, 3.8) is 0 Å². The minimum atomic E-state index is -0.322. The van der Waals surface area contributed by atoms with Gasteiger partial charge in [0.2, 0.25) is 42.4 Å². The number of amides is 7. The van der Waals surface area contributed by atoms with Gasteiger partial charge in [0.15, 0.2) is 0 Å². The molecule has 292 valence electrons. The molecule has 0 saturated heterocycles. The van der Waals surface area contributed by atoms with Crippen LogP contribution in [0.3, 0.4) is 0 Å². The van der Waals surface area contributed by atoms with Gasteiger partial charge in [-0.2, -0.15) is 0 Å². The number of hydrogen-bond donors (Lipinski definition) is 4. The van der Waals surface area contributed by atoms with Gasteiger partial charge in [0, 0.05) is 61.4 Å². The van der Waals surface area contributed by atoms with E-state index in [1.807, 2.05) is 27.7 Å². The van der Waals surface area contributed by atoms with Crippen LogP contribution in [0.25, 0.3) is 0 Å². The average Bonchev–Trinajstić information content (AvgIpc) is 3.07. The Bertz CT molecular complexity index is 951. The zero-order valence-corrected chi connectivity index (χ0v) is 32.2. The number of hydrogen-bond acceptors (Lipinski definition) is 12. The van der Waals surface area contributed by atoms with Gasteiger partial charge in [-0.05, 0) is 27.9 Å². The van der Waals surface area contributed by atoms with Gasteiger partial charge in [0.1, 0.15) is 12.6 Å². The number of nitrogens with one attached hydrogen (secondary N) is 3. The second-order valence-corrected chi connectivity index (χ2v) is 10.8. The first-order valence-electron chi connectivity index (χ1n) is 15.7. The SMILES string of the molecule is CCN(C)C(=O)CN(C)C(=O)CNC.CCN(C)C(=O)CN(C)C(=O)CNC(C)C.CN(C=O)CC=O.CN(C=O)CC=O.CNCC(N)=O. The number of rotatable bonds is 19. The summed E-state index contributed by atoms with van der Waals surface area (Å²) in [6.07, 6.45) is 2.56. The summed E-state index contributed by atoms with van der Waals surface area (Å²) in [6.45, 7) is 10.5. The molecule has 0 aliphatic rings. The quantitative estimate of drug-likeness (QED) is 0.0945. The van der Waals surface area contributed by atoms with Crippen molar-refractivity contribution in [2.45, 2.75) is 33.7 Å². The van der Waals surface area contributed by atoms with E-state index in [2.05, 4.69) is 16.0 Å². The zero-order chi connectivity index (χ0) is 40.2. The molecular formula is C31H64N10O9. The highest BCUT2D eigenvalue weighted by molar-refractivity contribution is 5.86. The molecule has 0 bridgehead atoms. The lowest BCUT2D eigenvalue weighted by molar-refractivity contribution is -0.138. The Hall–Kier alpha value is -4.49. The minimum Gasteiger partial charge on any atom is -0.369 e. The van der Waals surface area contributed by atoms with Crippen LogP contribution in [0.4, 0.5) is 0 Å². The number of primary amides is 1. The summed E-state index contributed by atoms with van der Waals surface area (Å²) < 4.78 is 0. The summed E-state index contributed by atoms with van der Waals surface area (Å²) in [6, 6.07) is 0.270. The number of aldehydes is 2. The molecule has 19 nitrogen and oxygen atoms in total. The van der Waals surface area contributed by atoms with Crippen molar-refractivity contribution in [2.75, 3.05) is 115 Å². The maximum atomic E-state index is 11.6. The fourth-order valence-electron chi connectivity index (χ4n) is 2.38. The van der Waals surface area contributed by atoms with Crippen LogP contribution >= 0.6 is 0 Å². The van der Waals surface area contributed by atoms with Crippen molar-refractivity contribution in [1.82, 2.24) is 45.3 Å². The van der Waals surface area contributed by atoms with Crippen molar-refractivity contribution in [2.24, 2.45) is 5.73 Å². The Morgan fingerprint density at radius 2 is 0.920 bits per heavy atom. The molecule has 0 aliphatic heterocycles. The second-order valence-electron chi connectivity index (χ2n) is 10.8. The summed E-state index contributed by atoms with van der Waals surface area (Å²) in [7, 11) is 13.2. The van der Waals surface area contributed by atoms with Gasteiger partial charge in [-0.25, -0.2) is 0 Å². The van der Waals surface area contributed by atoms with E-state index in [0.717, 1.165) is 0 Å². The van der Waals surface area contributed by atoms with E-state index in [1.165, 1.54) is 19.6 Å². The molecule has 0 unspecified atom stereocenters. The molecule has 0 rings (SSSR count). The molecule has 0 fully saturated rings. The number of carbonyl (C=O) groups excluding carboxylic acids is 9. The molecule has 0 atom stereocenters. The maximum Gasteiger partial charge on any atom is 0.241 e. The van der Waals surface area contributed by atoms with Gasteiger partial charge in [-0.15, -0.1) is 0 Å². The van der Waals surface area contributed by atoms with Crippen molar-refractivity contribution in [3.05, 3.63) is 0 Å². The summed E-state index contributed by atoms with van der Waals surface area (Å²) in [4.78, 5) is 103. The zero-order valence-electron chi connectivity index (χ0n) is 32.2. The number of likely N-dealkylation sites (N-methyl/N-ethyl adjacent to an activating group) is 8. The monoisotopic (exact) mass is 720 g/mol. The van der Waals surface area contributed by atoms with Crippen LogP contribution < -0.4 is 21.7 Å². The van der Waals surface area contributed by atoms with Crippen LogP contribution in [0.5, 0.6) is 0 Å². The second kappa shape index (κ2) is 37.3. The van der Waals surface area contributed by atoms with Crippen LogP contribution in [-0.2, 0) is 43.2 Å². The average molecular weight is 721 g/mol. The highest BCUT2D eigenvalue weighted by Crippen LogP contribution is 1.91. The van der Waals surface area contributed by atoms with Crippen molar-refractivity contribution < 1.29 is 43.2 Å². The first-order chi connectivity index (χ1) is 23.3. The Morgan fingerprint density at radius 1 is 0.580 bits per heavy atom. The first kappa shape index (κ1) is 54.9. The van der Waals surface area contributed by atoms with Crippen molar-refractivity contribution in [1.29, 1.82) is 0 Å². The molecule has 0 aliphatic carbocycles. The van der Waals surface area contributed by atoms with E-state index in [9.17, 15) is 43.2 Å². The summed E-state index contributed by atoms with van der Waals surface area (Å²) in [5.74, 6) is -0.545. The molecule has 0 saturated carbocycles. The van der Waals surface area contributed by atoms with Gasteiger partial charge >= 0.3 is 0 Å². The van der Waals surface area contributed by atoms with Crippen LogP contribution in [0.2, 0.25) is 0 Å². The topological polar surface area (TPSA) is 235 Å². The molecule has 0 heterocycles. The lowest BCUT2D eigenvalue weighted by Crippen LogP contribution is -2.43. The predicted octanol–water partition coefficient (Wildman–Crippen LogP) is -3.70. The lowest BCUT2D eigenvalue weighted by Gasteiger charge is -2.21. The minimum absolute atomic E-state index is 0.0390. The Kier molecular flexibility index (Phi) is 41.0. The van der Waals surface area contributed by atoms with Gasteiger partial charge in [0.25, 0.3) is 0 Å². The standard InChI is InChI=1S/C11H23N3O2.C9H19N3O2.2C4H7NO2.C3H8N2O/c1-6-13(4)11(16)8-14(5)10(15)7-12-9(2)3;1-5-11(3)9(14)7-12(4)8(13)6-10-2;2*1-5(4-7)2-3-6;1-5-2-3(4)6/h9,12H,6-8H2,1-5H3;10H,5-7H2,1-4H3;2*3-4H,2H2,1H3;5H,2H2,1H3,(H2,4,6). The number of carbonyl (C=O) groups is 9. The number of nitrogens with zero attached hydrogens (tertiary/aromatic N) is 6. The fraction of sp³-hybridized carbons (Fsp3) is 0.710. The number of nitrogens with two attached hydrogens (primary N) is 1. The summed E-state index contributed by atoms with van der Waals surface area (Å²) in [5, 5.41) is 8.37. The fourth-order valence-corrected chi connectivity index (χ4v) is 2.38. The third-order valence-electron chi connectivity index (χ3n) is 5.82. The summed E-state index contributed by atoms with van der Waals surface area (Å²) >= 11 is 0. The van der Waals surface area contributed by atoms with Gasteiger partial charge in [-0.1, -0.05) is 13.8 Å². The molecule has 5 N–H and O–H groups in total. The molecule has 0 aromatic heterocycles. The normalized spacial score (nSPS) is 9.14. The van der Waals surface area contributed by atoms with Gasteiger partial charge in [0.05, 0.1) is 45.8 Å². The molecule has 0 aromatic rings. The molecule has 0 radical (unpaired) electrons. The molecule has 0 spiro atoms. The molecule has 50 heavy (non-hydrogen) atoms. The molecule has 19 heteroatoms. The largest absolute Gasteiger partial charge is 0.369 e. The van der Waals surface area contributed by atoms with Crippen molar-refractivity contribution in [3.8, 4) is 0 Å².